The summed E-state index contributed by atoms with van der Waals surface area (Å²) in [5, 5.41) is 5.17. The van der Waals surface area contributed by atoms with E-state index in [4.69, 9.17) is 5.14 Å². The van der Waals surface area contributed by atoms with Crippen LogP contribution in [0.25, 0.3) is 5.69 Å². The van der Waals surface area contributed by atoms with Crippen LogP contribution >= 0.6 is 0 Å². The maximum atomic E-state index is 13.0. The van der Waals surface area contributed by atoms with Crippen molar-refractivity contribution in [3.8, 4) is 5.69 Å². The predicted molar refractivity (Wildman–Crippen MR) is 135 cm³/mol. The number of nitrogens with zero attached hydrogens (tertiary/aromatic N) is 2. The molecule has 2 heterocycles. The van der Waals surface area contributed by atoms with E-state index in [0.29, 0.717) is 37.3 Å². The van der Waals surface area contributed by atoms with Crippen molar-refractivity contribution >= 4 is 21.7 Å². The summed E-state index contributed by atoms with van der Waals surface area (Å²) >= 11 is 0. The van der Waals surface area contributed by atoms with Crippen LogP contribution in [0.1, 0.15) is 60.8 Å². The molecule has 8 heteroatoms. The molecule has 3 aromatic rings. The SMILES string of the molecule is CC(=O)N1Cc2cc(CCCC(=O)c3cccn3-c3ccc(S(N)(=O)=O)cc3)ccc2C(C)(C)C1. The molecule has 0 saturated carbocycles. The third-order valence-electron chi connectivity index (χ3n) is 6.64. The average molecular weight is 494 g/mol. The number of ketones is 1. The minimum absolute atomic E-state index is 0.0207. The van der Waals surface area contributed by atoms with Crippen LogP contribution in [0.2, 0.25) is 0 Å². The fourth-order valence-corrected chi connectivity index (χ4v) is 5.37. The van der Waals surface area contributed by atoms with E-state index in [2.05, 4.69) is 32.0 Å². The number of primary sulfonamides is 1. The van der Waals surface area contributed by atoms with E-state index >= 15 is 0 Å². The number of sulfonamides is 1. The smallest absolute Gasteiger partial charge is 0.238 e. The lowest BCUT2D eigenvalue weighted by Crippen LogP contribution is -2.44. The number of aryl methyl sites for hydroxylation is 1. The van der Waals surface area contributed by atoms with Gasteiger partial charge in [0.25, 0.3) is 0 Å². The number of Topliss-reactive ketones (excluding diaryl/α,β-unsaturated/α-hetero) is 1. The molecule has 0 fully saturated rings. The fourth-order valence-electron chi connectivity index (χ4n) is 4.85. The summed E-state index contributed by atoms with van der Waals surface area (Å²) in [4.78, 5) is 26.9. The van der Waals surface area contributed by atoms with Crippen LogP contribution in [0.15, 0.2) is 65.7 Å². The summed E-state index contributed by atoms with van der Waals surface area (Å²) in [6, 6.07) is 16.2. The normalized spacial score (nSPS) is 15.0. The Balaban J connectivity index is 1.43. The van der Waals surface area contributed by atoms with Gasteiger partial charge in [0, 0.05) is 43.7 Å². The Morgan fingerprint density at radius 2 is 1.77 bits per heavy atom. The lowest BCUT2D eigenvalue weighted by atomic mass is 9.77. The Hall–Kier alpha value is -3.23. The van der Waals surface area contributed by atoms with Gasteiger partial charge in [0.05, 0.1) is 10.6 Å². The number of fused-ring (bicyclic) bond motifs is 1. The maximum Gasteiger partial charge on any atom is 0.238 e. The van der Waals surface area contributed by atoms with Crippen molar-refractivity contribution in [3.05, 3.63) is 83.2 Å². The molecule has 0 unspecified atom stereocenters. The average Bonchev–Trinajstić information content (AvgIpc) is 3.28. The van der Waals surface area contributed by atoms with Gasteiger partial charge in [0.2, 0.25) is 15.9 Å². The maximum absolute atomic E-state index is 13.0. The molecule has 0 saturated heterocycles. The molecule has 2 N–H and O–H groups in total. The highest BCUT2D eigenvalue weighted by Gasteiger charge is 2.32. The summed E-state index contributed by atoms with van der Waals surface area (Å²) in [5.74, 6) is 0.106. The minimum atomic E-state index is -3.77. The molecule has 0 atom stereocenters. The predicted octanol–water partition coefficient (Wildman–Crippen LogP) is 3.97. The Morgan fingerprint density at radius 1 is 1.06 bits per heavy atom. The van der Waals surface area contributed by atoms with E-state index in [1.165, 1.54) is 23.3 Å². The molecule has 7 nitrogen and oxygen atoms in total. The van der Waals surface area contributed by atoms with Gasteiger partial charge < -0.3 is 9.47 Å². The highest BCUT2D eigenvalue weighted by atomic mass is 32.2. The van der Waals surface area contributed by atoms with Crippen molar-refractivity contribution in [2.45, 2.75) is 56.9 Å². The molecule has 1 amide bonds. The molecule has 1 aliphatic heterocycles. The molecule has 4 rings (SSSR count). The van der Waals surface area contributed by atoms with Gasteiger partial charge in [-0.05, 0) is 65.9 Å². The van der Waals surface area contributed by atoms with Crippen LogP contribution < -0.4 is 5.14 Å². The first-order valence-corrected chi connectivity index (χ1v) is 13.2. The van der Waals surface area contributed by atoms with Crippen molar-refractivity contribution in [1.82, 2.24) is 9.47 Å². The number of rotatable bonds is 7. The summed E-state index contributed by atoms with van der Waals surface area (Å²) in [7, 11) is -3.77. The molecule has 0 bridgehead atoms. The Labute approximate surface area is 206 Å². The second-order valence-corrected chi connectivity index (χ2v) is 11.4. The second-order valence-electron chi connectivity index (χ2n) is 9.83. The number of nitrogens with two attached hydrogens (primary N) is 1. The van der Waals surface area contributed by atoms with Crippen LogP contribution in [0, 0.1) is 0 Å². The third kappa shape index (κ3) is 5.39. The van der Waals surface area contributed by atoms with E-state index in [-0.39, 0.29) is 22.0 Å². The number of amides is 1. The molecule has 0 radical (unpaired) electrons. The zero-order valence-corrected chi connectivity index (χ0v) is 21.1. The minimum Gasteiger partial charge on any atom is -0.338 e. The van der Waals surface area contributed by atoms with E-state index in [1.54, 1.807) is 42.0 Å². The van der Waals surface area contributed by atoms with Crippen molar-refractivity contribution in [3.63, 3.8) is 0 Å². The Bertz CT molecular complexity index is 1370. The van der Waals surface area contributed by atoms with E-state index in [0.717, 1.165) is 12.0 Å². The van der Waals surface area contributed by atoms with E-state index < -0.39 is 10.0 Å². The van der Waals surface area contributed by atoms with Crippen molar-refractivity contribution in [1.29, 1.82) is 0 Å². The molecule has 1 aromatic heterocycles. The third-order valence-corrected chi connectivity index (χ3v) is 7.57. The molecule has 0 aliphatic carbocycles. The standard InChI is InChI=1S/C27H31N3O4S/c1-19(31)29-17-21-16-20(9-14-24(21)27(2,3)18-29)6-4-8-26(32)25-7-5-15-30(25)22-10-12-23(13-11-22)35(28,33)34/h5,7,9-16H,4,6,8,17-18H2,1-3H3,(H2,28,33,34). The number of aromatic nitrogens is 1. The van der Waals surface area contributed by atoms with Gasteiger partial charge in [0.15, 0.2) is 5.78 Å². The molecule has 35 heavy (non-hydrogen) atoms. The summed E-state index contributed by atoms with van der Waals surface area (Å²) in [5.41, 5.74) is 4.77. The van der Waals surface area contributed by atoms with Crippen molar-refractivity contribution in [2.24, 2.45) is 5.14 Å². The largest absolute Gasteiger partial charge is 0.338 e. The summed E-state index contributed by atoms with van der Waals surface area (Å²) in [6.07, 6.45) is 3.64. The van der Waals surface area contributed by atoms with Gasteiger partial charge in [0.1, 0.15) is 0 Å². The van der Waals surface area contributed by atoms with Gasteiger partial charge in [-0.2, -0.15) is 0 Å². The van der Waals surface area contributed by atoms with Crippen molar-refractivity contribution < 1.29 is 18.0 Å². The topological polar surface area (TPSA) is 102 Å². The van der Waals surface area contributed by atoms with Crippen LogP contribution in [0.4, 0.5) is 0 Å². The molecular weight excluding hydrogens is 462 g/mol. The lowest BCUT2D eigenvalue weighted by molar-refractivity contribution is -0.130. The monoisotopic (exact) mass is 493 g/mol. The highest BCUT2D eigenvalue weighted by molar-refractivity contribution is 7.89. The van der Waals surface area contributed by atoms with Crippen molar-refractivity contribution in [2.75, 3.05) is 6.54 Å². The quantitative estimate of drug-likeness (QED) is 0.503. The van der Waals surface area contributed by atoms with Gasteiger partial charge in [-0.1, -0.05) is 32.0 Å². The first-order chi connectivity index (χ1) is 16.5. The van der Waals surface area contributed by atoms with Crippen LogP contribution in [-0.4, -0.2) is 36.1 Å². The molecule has 2 aromatic carbocycles. The van der Waals surface area contributed by atoms with Gasteiger partial charge >= 0.3 is 0 Å². The lowest BCUT2D eigenvalue weighted by Gasteiger charge is -2.39. The van der Waals surface area contributed by atoms with Gasteiger partial charge in [-0.15, -0.1) is 0 Å². The van der Waals surface area contributed by atoms with E-state index in [1.807, 2.05) is 4.90 Å². The van der Waals surface area contributed by atoms with Crippen LogP contribution in [0.3, 0.4) is 0 Å². The summed E-state index contributed by atoms with van der Waals surface area (Å²) < 4.78 is 24.8. The highest BCUT2D eigenvalue weighted by Crippen LogP contribution is 2.34. The number of hydrogen-bond donors (Lipinski definition) is 1. The Morgan fingerprint density at radius 3 is 2.43 bits per heavy atom. The van der Waals surface area contributed by atoms with Gasteiger partial charge in [-0.25, -0.2) is 13.6 Å². The van der Waals surface area contributed by atoms with Gasteiger partial charge in [-0.3, -0.25) is 9.59 Å². The molecule has 0 spiro atoms. The zero-order chi connectivity index (χ0) is 25.4. The molecule has 184 valence electrons. The van der Waals surface area contributed by atoms with E-state index in [9.17, 15) is 18.0 Å². The first kappa shape index (κ1) is 24.9. The number of carbonyl (C=O) groups is 2. The first-order valence-electron chi connectivity index (χ1n) is 11.7. The number of benzene rings is 2. The van der Waals surface area contributed by atoms with Crippen LogP contribution in [-0.2, 0) is 33.2 Å². The zero-order valence-electron chi connectivity index (χ0n) is 20.3. The molecule has 1 aliphatic rings. The number of hydrogen-bond acceptors (Lipinski definition) is 4. The molecular formula is C27H31N3O4S. The Kier molecular flexibility index (Phi) is 6.71. The van der Waals surface area contributed by atoms with Crippen LogP contribution in [0.5, 0.6) is 0 Å². The fraction of sp³-hybridized carbons (Fsp3) is 0.333. The summed E-state index contributed by atoms with van der Waals surface area (Å²) in [6.45, 7) is 7.28. The number of carbonyl (C=O) groups excluding carboxylic acids is 2. The second kappa shape index (κ2) is 9.43.